The average molecular weight is 254 g/mol. The van der Waals surface area contributed by atoms with Gasteiger partial charge in [-0.25, -0.2) is 4.98 Å². The van der Waals surface area contributed by atoms with E-state index in [0.29, 0.717) is 11.4 Å². The Labute approximate surface area is 110 Å². The second-order valence-electron chi connectivity index (χ2n) is 4.65. The highest BCUT2D eigenvalue weighted by atomic mass is 16.3. The molecule has 0 saturated heterocycles. The lowest BCUT2D eigenvalue weighted by atomic mass is 10.1. The fourth-order valence-electron chi connectivity index (χ4n) is 2.23. The zero-order valence-electron chi connectivity index (χ0n) is 11.1. The van der Waals surface area contributed by atoms with Gasteiger partial charge in [0.2, 0.25) is 0 Å². The van der Waals surface area contributed by atoms with Gasteiger partial charge in [0.15, 0.2) is 0 Å². The number of aryl methyl sites for hydroxylation is 2. The first-order chi connectivity index (χ1) is 9.08. The van der Waals surface area contributed by atoms with Crippen LogP contribution in [0, 0.1) is 20.8 Å². The van der Waals surface area contributed by atoms with Gasteiger partial charge in [-0.3, -0.25) is 4.79 Å². The predicted molar refractivity (Wildman–Crippen MR) is 74.3 cm³/mol. The SMILES string of the molecule is Cc1nc(-c2c(C)oc3ccccc23)[nH]c(=O)c1C. The third-order valence-corrected chi connectivity index (χ3v) is 3.40. The monoisotopic (exact) mass is 254 g/mol. The van der Waals surface area contributed by atoms with Crippen LogP contribution in [0.4, 0.5) is 0 Å². The van der Waals surface area contributed by atoms with E-state index in [9.17, 15) is 4.79 Å². The number of aromatic amines is 1. The first kappa shape index (κ1) is 11.7. The zero-order chi connectivity index (χ0) is 13.6. The molecule has 2 heterocycles. The van der Waals surface area contributed by atoms with Crippen LogP contribution in [-0.4, -0.2) is 9.97 Å². The van der Waals surface area contributed by atoms with Gasteiger partial charge in [0.05, 0.1) is 5.56 Å². The Hall–Kier alpha value is -2.36. The van der Waals surface area contributed by atoms with Gasteiger partial charge >= 0.3 is 0 Å². The molecule has 4 nitrogen and oxygen atoms in total. The van der Waals surface area contributed by atoms with E-state index in [0.717, 1.165) is 28.0 Å². The quantitative estimate of drug-likeness (QED) is 0.725. The molecule has 0 amide bonds. The summed E-state index contributed by atoms with van der Waals surface area (Å²) < 4.78 is 5.70. The minimum atomic E-state index is -0.104. The van der Waals surface area contributed by atoms with E-state index in [2.05, 4.69) is 9.97 Å². The molecule has 96 valence electrons. The molecular weight excluding hydrogens is 240 g/mol. The molecule has 0 fully saturated rings. The molecule has 0 aliphatic rings. The maximum Gasteiger partial charge on any atom is 0.254 e. The molecule has 0 atom stereocenters. The lowest BCUT2D eigenvalue weighted by Crippen LogP contribution is -2.14. The molecule has 3 rings (SSSR count). The first-order valence-electron chi connectivity index (χ1n) is 6.14. The summed E-state index contributed by atoms with van der Waals surface area (Å²) in [4.78, 5) is 19.2. The maximum atomic E-state index is 11.9. The van der Waals surface area contributed by atoms with Crippen molar-refractivity contribution in [3.05, 3.63) is 51.6 Å². The van der Waals surface area contributed by atoms with Gasteiger partial charge < -0.3 is 9.40 Å². The minimum Gasteiger partial charge on any atom is -0.461 e. The maximum absolute atomic E-state index is 11.9. The molecule has 0 radical (unpaired) electrons. The van der Waals surface area contributed by atoms with E-state index >= 15 is 0 Å². The number of nitrogens with one attached hydrogen (secondary N) is 1. The molecule has 2 aromatic heterocycles. The summed E-state index contributed by atoms with van der Waals surface area (Å²) in [5, 5.41) is 0.964. The van der Waals surface area contributed by atoms with Gasteiger partial charge in [-0.2, -0.15) is 0 Å². The number of para-hydroxylation sites is 1. The number of H-pyrrole nitrogens is 1. The molecule has 0 aliphatic heterocycles. The van der Waals surface area contributed by atoms with Crippen molar-refractivity contribution in [2.45, 2.75) is 20.8 Å². The van der Waals surface area contributed by atoms with Crippen LogP contribution in [0.1, 0.15) is 17.0 Å². The van der Waals surface area contributed by atoms with Crippen molar-refractivity contribution in [2.24, 2.45) is 0 Å². The Morgan fingerprint density at radius 1 is 1.16 bits per heavy atom. The molecule has 4 heteroatoms. The lowest BCUT2D eigenvalue weighted by Gasteiger charge is -2.03. The van der Waals surface area contributed by atoms with Gasteiger partial charge in [-0.1, -0.05) is 18.2 Å². The number of benzene rings is 1. The topological polar surface area (TPSA) is 58.9 Å². The van der Waals surface area contributed by atoms with Crippen molar-refractivity contribution < 1.29 is 4.42 Å². The number of hydrogen-bond acceptors (Lipinski definition) is 3. The molecule has 1 N–H and O–H groups in total. The fourth-order valence-corrected chi connectivity index (χ4v) is 2.23. The van der Waals surface area contributed by atoms with Crippen LogP contribution >= 0.6 is 0 Å². The van der Waals surface area contributed by atoms with Crippen LogP contribution in [0.2, 0.25) is 0 Å². The molecule has 3 aromatic rings. The van der Waals surface area contributed by atoms with Gasteiger partial charge in [0, 0.05) is 16.6 Å². The standard InChI is InChI=1S/C15H14N2O2/c1-8-9(2)16-14(17-15(8)18)13-10(3)19-12-7-5-4-6-11(12)13/h4-7H,1-3H3,(H,16,17,18). The van der Waals surface area contributed by atoms with Crippen LogP contribution in [-0.2, 0) is 0 Å². The second kappa shape index (κ2) is 4.09. The summed E-state index contributed by atoms with van der Waals surface area (Å²) in [7, 11) is 0. The molecule has 0 saturated carbocycles. The van der Waals surface area contributed by atoms with Gasteiger partial charge in [0.1, 0.15) is 17.2 Å². The first-order valence-corrected chi connectivity index (χ1v) is 6.14. The Bertz CT molecular complexity index is 828. The highest BCUT2D eigenvalue weighted by Crippen LogP contribution is 2.31. The lowest BCUT2D eigenvalue weighted by molar-refractivity contribution is 0.579. The van der Waals surface area contributed by atoms with Gasteiger partial charge in [-0.05, 0) is 26.8 Å². The second-order valence-corrected chi connectivity index (χ2v) is 4.65. The number of hydrogen-bond donors (Lipinski definition) is 1. The number of fused-ring (bicyclic) bond motifs is 1. The molecule has 19 heavy (non-hydrogen) atoms. The van der Waals surface area contributed by atoms with Gasteiger partial charge in [-0.15, -0.1) is 0 Å². The van der Waals surface area contributed by atoms with E-state index in [-0.39, 0.29) is 5.56 Å². The Balaban J connectivity index is 2.36. The number of nitrogens with zero attached hydrogens (tertiary/aromatic N) is 1. The van der Waals surface area contributed by atoms with Crippen LogP contribution < -0.4 is 5.56 Å². The average Bonchev–Trinajstić information content (AvgIpc) is 2.71. The largest absolute Gasteiger partial charge is 0.461 e. The Morgan fingerprint density at radius 3 is 2.63 bits per heavy atom. The number of rotatable bonds is 1. The Morgan fingerprint density at radius 2 is 1.89 bits per heavy atom. The summed E-state index contributed by atoms with van der Waals surface area (Å²) in [6, 6.07) is 7.74. The molecule has 0 unspecified atom stereocenters. The highest BCUT2D eigenvalue weighted by molar-refractivity contribution is 5.93. The van der Waals surface area contributed by atoms with Crippen LogP contribution in [0.25, 0.3) is 22.4 Å². The van der Waals surface area contributed by atoms with E-state index in [4.69, 9.17) is 4.42 Å². The third kappa shape index (κ3) is 1.76. The summed E-state index contributed by atoms with van der Waals surface area (Å²) in [6.45, 7) is 5.49. The van der Waals surface area contributed by atoms with Crippen LogP contribution in [0.3, 0.4) is 0 Å². The van der Waals surface area contributed by atoms with E-state index in [1.165, 1.54) is 0 Å². The van der Waals surface area contributed by atoms with Crippen LogP contribution in [0.15, 0.2) is 33.5 Å². The van der Waals surface area contributed by atoms with E-state index in [1.807, 2.05) is 38.1 Å². The summed E-state index contributed by atoms with van der Waals surface area (Å²) in [5.74, 6) is 1.32. The van der Waals surface area contributed by atoms with Crippen molar-refractivity contribution in [3.8, 4) is 11.4 Å². The molecule has 0 aliphatic carbocycles. The van der Waals surface area contributed by atoms with E-state index in [1.54, 1.807) is 6.92 Å². The normalized spacial score (nSPS) is 11.1. The van der Waals surface area contributed by atoms with Crippen molar-refractivity contribution in [2.75, 3.05) is 0 Å². The minimum absolute atomic E-state index is 0.104. The summed E-state index contributed by atoms with van der Waals surface area (Å²) in [5.41, 5.74) is 2.94. The van der Waals surface area contributed by atoms with E-state index < -0.39 is 0 Å². The zero-order valence-corrected chi connectivity index (χ0v) is 11.1. The molecule has 1 aromatic carbocycles. The number of furan rings is 1. The van der Waals surface area contributed by atoms with Crippen LogP contribution in [0.5, 0.6) is 0 Å². The molecule has 0 bridgehead atoms. The third-order valence-electron chi connectivity index (χ3n) is 3.40. The fraction of sp³-hybridized carbons (Fsp3) is 0.200. The summed E-state index contributed by atoms with van der Waals surface area (Å²) in [6.07, 6.45) is 0. The summed E-state index contributed by atoms with van der Waals surface area (Å²) >= 11 is 0. The van der Waals surface area contributed by atoms with Crippen molar-refractivity contribution in [1.82, 2.24) is 9.97 Å². The molecular formula is C15H14N2O2. The van der Waals surface area contributed by atoms with Gasteiger partial charge in [0.25, 0.3) is 5.56 Å². The molecule has 0 spiro atoms. The smallest absolute Gasteiger partial charge is 0.254 e. The van der Waals surface area contributed by atoms with Crippen molar-refractivity contribution >= 4 is 11.0 Å². The highest BCUT2D eigenvalue weighted by Gasteiger charge is 2.15. The number of aromatic nitrogens is 2. The Kier molecular flexibility index (Phi) is 2.52. The van der Waals surface area contributed by atoms with Crippen molar-refractivity contribution in [3.63, 3.8) is 0 Å². The van der Waals surface area contributed by atoms with Crippen molar-refractivity contribution in [1.29, 1.82) is 0 Å². The predicted octanol–water partition coefficient (Wildman–Crippen LogP) is 3.11.